The number of aromatic nitrogens is 1. The third-order valence-corrected chi connectivity index (χ3v) is 9.73. The number of fused-ring (bicyclic) bond motifs is 1. The Bertz CT molecular complexity index is 1420. The van der Waals surface area contributed by atoms with Gasteiger partial charge in [0.1, 0.15) is 28.4 Å². The fraction of sp³-hybridized carbons (Fsp3) is 0.370. The number of aryl methyl sites for hydroxylation is 2. The number of rotatable bonds is 9. The Morgan fingerprint density at radius 2 is 2.03 bits per heavy atom. The van der Waals surface area contributed by atoms with Gasteiger partial charge < -0.3 is 9.47 Å². The molecule has 0 fully saturated rings. The summed E-state index contributed by atoms with van der Waals surface area (Å²) in [6.45, 7) is 8.01. The average molecular weight is 543 g/mol. The lowest BCUT2D eigenvalue weighted by Crippen LogP contribution is -2.36. The van der Waals surface area contributed by atoms with E-state index < -0.39 is 15.9 Å². The molecule has 2 aromatic carbocycles. The van der Waals surface area contributed by atoms with E-state index in [0.29, 0.717) is 34.2 Å². The molecule has 1 aromatic heterocycles. The van der Waals surface area contributed by atoms with Crippen molar-refractivity contribution in [1.82, 2.24) is 9.29 Å². The maximum atomic E-state index is 13.6. The second-order valence-corrected chi connectivity index (χ2v) is 12.0. The third kappa shape index (κ3) is 5.61. The van der Waals surface area contributed by atoms with Crippen LogP contribution in [0.3, 0.4) is 0 Å². The SMILES string of the molecule is CC[C@@H]1CN(Cc2cc(C(COC=O)c3nc(C)c(C(C)=O)s3)ccc2C)S(=O)(=O)c2ccccc2O1. The van der Waals surface area contributed by atoms with Gasteiger partial charge in [-0.25, -0.2) is 13.4 Å². The number of hydrogen-bond donors (Lipinski definition) is 0. The topological polar surface area (TPSA) is 103 Å². The molecule has 4 rings (SSSR count). The Balaban J connectivity index is 1.73. The predicted molar refractivity (Wildman–Crippen MR) is 141 cm³/mol. The number of thiazole rings is 1. The standard InChI is InChI=1S/C27H30N2O6S2/c1-5-22-14-29(37(32,33)25-9-7-6-8-24(25)35-22)13-21-12-20(11-10-17(21)2)23(15-34-16-30)27-28-18(3)26(36-27)19(4)31/h6-12,16,22-23H,5,13-15H2,1-4H3/t22-,23?/m1/s1. The molecule has 2 heterocycles. The molecule has 0 saturated carbocycles. The van der Waals surface area contributed by atoms with Crippen molar-refractivity contribution < 1.29 is 27.5 Å². The largest absolute Gasteiger partial charge is 0.488 e. The van der Waals surface area contributed by atoms with Crippen LogP contribution in [0.25, 0.3) is 0 Å². The first-order valence-corrected chi connectivity index (χ1v) is 14.3. The first kappa shape index (κ1) is 27.0. The maximum absolute atomic E-state index is 13.6. The van der Waals surface area contributed by atoms with Crippen LogP contribution in [0.2, 0.25) is 0 Å². The van der Waals surface area contributed by atoms with Crippen molar-refractivity contribution in [3.05, 3.63) is 74.7 Å². The van der Waals surface area contributed by atoms with Crippen molar-refractivity contribution in [2.45, 2.75) is 57.6 Å². The Hall–Kier alpha value is -3.08. The van der Waals surface area contributed by atoms with E-state index in [4.69, 9.17) is 9.47 Å². The number of hydrogen-bond acceptors (Lipinski definition) is 8. The maximum Gasteiger partial charge on any atom is 0.293 e. The lowest BCUT2D eigenvalue weighted by atomic mass is 9.96. The Labute approximate surface area is 221 Å². The second-order valence-electron chi connectivity index (χ2n) is 9.08. The van der Waals surface area contributed by atoms with Gasteiger partial charge in [-0.1, -0.05) is 37.3 Å². The van der Waals surface area contributed by atoms with Crippen molar-refractivity contribution in [2.24, 2.45) is 0 Å². The molecule has 1 aliphatic rings. The van der Waals surface area contributed by atoms with Gasteiger partial charge in [0, 0.05) is 13.5 Å². The summed E-state index contributed by atoms with van der Waals surface area (Å²) < 4.78 is 39.9. The minimum Gasteiger partial charge on any atom is -0.488 e. The van der Waals surface area contributed by atoms with E-state index in [2.05, 4.69) is 4.98 Å². The van der Waals surface area contributed by atoms with Gasteiger partial charge in [-0.15, -0.1) is 11.3 Å². The lowest BCUT2D eigenvalue weighted by molar-refractivity contribution is -0.128. The number of sulfonamides is 1. The van der Waals surface area contributed by atoms with E-state index in [1.54, 1.807) is 31.2 Å². The van der Waals surface area contributed by atoms with Crippen LogP contribution in [0, 0.1) is 13.8 Å². The number of carbonyl (C=O) groups is 2. The summed E-state index contributed by atoms with van der Waals surface area (Å²) in [5.41, 5.74) is 3.21. The van der Waals surface area contributed by atoms with Gasteiger partial charge in [0.15, 0.2) is 5.78 Å². The van der Waals surface area contributed by atoms with Gasteiger partial charge in [0.2, 0.25) is 10.0 Å². The molecule has 10 heteroatoms. The molecule has 2 atom stereocenters. The van der Waals surface area contributed by atoms with E-state index in [0.717, 1.165) is 16.7 Å². The summed E-state index contributed by atoms with van der Waals surface area (Å²) in [4.78, 5) is 28.3. The van der Waals surface area contributed by atoms with Crippen molar-refractivity contribution >= 4 is 33.6 Å². The highest BCUT2D eigenvalue weighted by atomic mass is 32.2. The van der Waals surface area contributed by atoms with E-state index in [1.807, 2.05) is 32.0 Å². The van der Waals surface area contributed by atoms with Crippen molar-refractivity contribution in [3.63, 3.8) is 0 Å². The molecule has 0 saturated heterocycles. The molecule has 0 N–H and O–H groups in total. The number of ether oxygens (including phenoxy) is 2. The van der Waals surface area contributed by atoms with Crippen LogP contribution >= 0.6 is 11.3 Å². The molecular formula is C27H30N2O6S2. The molecular weight excluding hydrogens is 512 g/mol. The summed E-state index contributed by atoms with van der Waals surface area (Å²) in [7, 11) is -3.80. The van der Waals surface area contributed by atoms with Crippen LogP contribution in [0.4, 0.5) is 0 Å². The molecule has 37 heavy (non-hydrogen) atoms. The quantitative estimate of drug-likeness (QED) is 0.287. The van der Waals surface area contributed by atoms with Crippen LogP contribution in [0.5, 0.6) is 5.75 Å². The molecule has 0 radical (unpaired) electrons. The Morgan fingerprint density at radius 3 is 2.70 bits per heavy atom. The first-order valence-electron chi connectivity index (χ1n) is 12.0. The monoisotopic (exact) mass is 542 g/mol. The third-order valence-electron chi connectivity index (χ3n) is 6.51. The molecule has 0 amide bonds. The molecule has 8 nitrogen and oxygen atoms in total. The summed E-state index contributed by atoms with van der Waals surface area (Å²) in [6, 6.07) is 12.5. The number of nitrogens with zero attached hydrogens (tertiary/aromatic N) is 2. The highest BCUT2D eigenvalue weighted by Gasteiger charge is 2.34. The van der Waals surface area contributed by atoms with E-state index in [9.17, 15) is 18.0 Å². The number of benzene rings is 2. The highest BCUT2D eigenvalue weighted by molar-refractivity contribution is 7.89. The van der Waals surface area contributed by atoms with Crippen LogP contribution in [-0.4, -0.2) is 49.2 Å². The van der Waals surface area contributed by atoms with Crippen molar-refractivity contribution in [3.8, 4) is 5.75 Å². The Kier molecular flexibility index (Phi) is 8.11. The lowest BCUT2D eigenvalue weighted by Gasteiger charge is -2.24. The molecule has 196 valence electrons. The fourth-order valence-corrected chi connectivity index (χ4v) is 7.06. The van der Waals surface area contributed by atoms with Crippen LogP contribution < -0.4 is 4.74 Å². The number of ketones is 1. The molecule has 1 unspecified atom stereocenters. The zero-order valence-corrected chi connectivity index (χ0v) is 22.9. The molecule has 0 aliphatic carbocycles. The van der Waals surface area contributed by atoms with Gasteiger partial charge >= 0.3 is 0 Å². The zero-order chi connectivity index (χ0) is 26.7. The fourth-order valence-electron chi connectivity index (χ4n) is 4.41. The molecule has 1 aliphatic heterocycles. The van der Waals surface area contributed by atoms with Crippen LogP contribution in [0.1, 0.15) is 63.2 Å². The number of carbonyl (C=O) groups excluding carboxylic acids is 2. The van der Waals surface area contributed by atoms with E-state index in [-0.39, 0.29) is 36.5 Å². The van der Waals surface area contributed by atoms with E-state index in [1.165, 1.54) is 22.6 Å². The van der Waals surface area contributed by atoms with Gasteiger partial charge in [-0.3, -0.25) is 9.59 Å². The van der Waals surface area contributed by atoms with Crippen LogP contribution in [-0.2, 0) is 26.1 Å². The number of para-hydroxylation sites is 1. The number of Topliss-reactive ketones (excluding diaryl/α,β-unsaturated/α-hetero) is 1. The predicted octanol–water partition coefficient (Wildman–Crippen LogP) is 4.63. The van der Waals surface area contributed by atoms with Gasteiger partial charge in [0.05, 0.1) is 23.0 Å². The second kappa shape index (κ2) is 11.1. The Morgan fingerprint density at radius 1 is 1.27 bits per heavy atom. The molecule has 3 aromatic rings. The summed E-state index contributed by atoms with van der Waals surface area (Å²) in [5.74, 6) is -0.0939. The minimum atomic E-state index is -3.80. The smallest absolute Gasteiger partial charge is 0.293 e. The minimum absolute atomic E-state index is 0.0530. The first-order chi connectivity index (χ1) is 17.6. The normalized spacial score (nSPS) is 17.8. The van der Waals surface area contributed by atoms with Gasteiger partial charge in [0.25, 0.3) is 6.47 Å². The zero-order valence-electron chi connectivity index (χ0n) is 21.3. The summed E-state index contributed by atoms with van der Waals surface area (Å²) >= 11 is 1.29. The molecule has 0 bridgehead atoms. The van der Waals surface area contributed by atoms with E-state index >= 15 is 0 Å². The van der Waals surface area contributed by atoms with Gasteiger partial charge in [-0.2, -0.15) is 4.31 Å². The average Bonchev–Trinajstić information content (AvgIpc) is 3.21. The molecule has 0 spiro atoms. The summed E-state index contributed by atoms with van der Waals surface area (Å²) in [6.07, 6.45) is 0.380. The highest BCUT2D eigenvalue weighted by Crippen LogP contribution is 2.35. The van der Waals surface area contributed by atoms with Crippen LogP contribution in [0.15, 0.2) is 47.4 Å². The van der Waals surface area contributed by atoms with Crippen molar-refractivity contribution in [2.75, 3.05) is 13.2 Å². The summed E-state index contributed by atoms with van der Waals surface area (Å²) in [5, 5.41) is 0.662. The van der Waals surface area contributed by atoms with Gasteiger partial charge in [-0.05, 0) is 49.1 Å². The van der Waals surface area contributed by atoms with Crippen molar-refractivity contribution in [1.29, 1.82) is 0 Å².